The topological polar surface area (TPSA) is 72.9 Å². The molecule has 0 aliphatic heterocycles. The fourth-order valence-electron chi connectivity index (χ4n) is 3.58. The van der Waals surface area contributed by atoms with Gasteiger partial charge in [-0.2, -0.15) is 0 Å². The highest BCUT2D eigenvalue weighted by atomic mass is 32.1. The molecule has 7 heteroatoms. The van der Waals surface area contributed by atoms with Crippen molar-refractivity contribution in [3.05, 3.63) is 99.7 Å². The van der Waals surface area contributed by atoms with Crippen molar-refractivity contribution >= 4 is 39.8 Å². The summed E-state index contributed by atoms with van der Waals surface area (Å²) in [5.74, 6) is -0.514. The molecular weight excluding hydrogens is 450 g/mol. The van der Waals surface area contributed by atoms with Gasteiger partial charge in [-0.1, -0.05) is 42.5 Å². The summed E-state index contributed by atoms with van der Waals surface area (Å²) in [4.78, 5) is 40.0. The zero-order valence-corrected chi connectivity index (χ0v) is 19.6. The SMILES string of the molecule is COc1ccc2cc(CN(C)C(=O)COC(=O)c3ccccc3C(=O)c3cccs3)ccc2c1. The number of carbonyl (C=O) groups excluding carboxylic acids is 3. The minimum atomic E-state index is -0.707. The number of hydrogen-bond acceptors (Lipinski definition) is 6. The summed E-state index contributed by atoms with van der Waals surface area (Å²) in [7, 11) is 3.28. The standard InChI is InChI=1S/C27H23NO5S/c1-28(16-18-9-10-20-15-21(32-2)12-11-19(20)14-18)25(29)17-33-27(31)23-7-4-3-6-22(23)26(30)24-8-5-13-34-24/h3-15H,16-17H2,1-2H3. The summed E-state index contributed by atoms with van der Waals surface area (Å²) in [6.45, 7) is -0.0482. The van der Waals surface area contributed by atoms with Gasteiger partial charge in [0.25, 0.3) is 5.91 Å². The molecule has 0 saturated heterocycles. The normalized spacial score (nSPS) is 10.6. The summed E-state index contributed by atoms with van der Waals surface area (Å²) in [6, 6.07) is 21.7. The molecule has 0 unspecified atom stereocenters. The van der Waals surface area contributed by atoms with Crippen LogP contribution in [0.2, 0.25) is 0 Å². The van der Waals surface area contributed by atoms with E-state index in [9.17, 15) is 14.4 Å². The van der Waals surface area contributed by atoms with Gasteiger partial charge in [-0.3, -0.25) is 9.59 Å². The third-order valence-corrected chi connectivity index (χ3v) is 6.29. The molecule has 0 aliphatic rings. The first-order valence-electron chi connectivity index (χ1n) is 10.6. The molecule has 1 amide bonds. The van der Waals surface area contributed by atoms with E-state index in [1.165, 1.54) is 22.3 Å². The first kappa shape index (κ1) is 23.2. The average Bonchev–Trinajstić information content (AvgIpc) is 3.41. The number of ketones is 1. The van der Waals surface area contributed by atoms with Crippen LogP contribution in [0.1, 0.15) is 31.2 Å². The second-order valence-electron chi connectivity index (χ2n) is 7.73. The lowest BCUT2D eigenvalue weighted by atomic mass is 10.0. The van der Waals surface area contributed by atoms with Crippen LogP contribution in [0.5, 0.6) is 5.75 Å². The van der Waals surface area contributed by atoms with E-state index in [1.54, 1.807) is 49.9 Å². The lowest BCUT2D eigenvalue weighted by Crippen LogP contribution is -2.31. The summed E-state index contributed by atoms with van der Waals surface area (Å²) < 4.78 is 10.5. The van der Waals surface area contributed by atoms with Gasteiger partial charge >= 0.3 is 5.97 Å². The number of likely N-dealkylation sites (N-methyl/N-ethyl adjacent to an activating group) is 1. The number of amides is 1. The Morgan fingerprint density at radius 2 is 1.62 bits per heavy atom. The molecule has 3 aromatic carbocycles. The van der Waals surface area contributed by atoms with Gasteiger partial charge in [-0.25, -0.2) is 4.79 Å². The Labute approximate surface area is 201 Å². The third-order valence-electron chi connectivity index (χ3n) is 5.42. The predicted molar refractivity (Wildman–Crippen MR) is 131 cm³/mol. The van der Waals surface area contributed by atoms with Gasteiger partial charge in [-0.15, -0.1) is 11.3 Å². The Kier molecular flexibility index (Phi) is 7.04. The van der Waals surface area contributed by atoms with Gasteiger partial charge < -0.3 is 14.4 Å². The Bertz CT molecular complexity index is 1350. The van der Waals surface area contributed by atoms with Crippen LogP contribution in [0.3, 0.4) is 0 Å². The number of ether oxygens (including phenoxy) is 2. The average molecular weight is 474 g/mol. The van der Waals surface area contributed by atoms with Crippen LogP contribution in [-0.4, -0.2) is 43.3 Å². The second kappa shape index (κ2) is 10.3. The zero-order valence-electron chi connectivity index (χ0n) is 18.8. The summed E-state index contributed by atoms with van der Waals surface area (Å²) in [5.41, 5.74) is 1.34. The van der Waals surface area contributed by atoms with Gasteiger partial charge in [-0.05, 0) is 52.0 Å². The maximum atomic E-state index is 12.7. The van der Waals surface area contributed by atoms with E-state index < -0.39 is 12.6 Å². The summed E-state index contributed by atoms with van der Waals surface area (Å²) in [5, 5.41) is 3.88. The van der Waals surface area contributed by atoms with Crippen molar-refractivity contribution in [1.29, 1.82) is 0 Å². The fraction of sp³-hybridized carbons (Fsp3) is 0.148. The summed E-state index contributed by atoms with van der Waals surface area (Å²) in [6.07, 6.45) is 0. The van der Waals surface area contributed by atoms with E-state index in [0.717, 1.165) is 22.1 Å². The molecule has 0 atom stereocenters. The molecule has 0 aliphatic carbocycles. The van der Waals surface area contributed by atoms with E-state index in [2.05, 4.69) is 0 Å². The van der Waals surface area contributed by atoms with Crippen molar-refractivity contribution in [2.45, 2.75) is 6.54 Å². The van der Waals surface area contributed by atoms with Crippen molar-refractivity contribution in [1.82, 2.24) is 4.90 Å². The maximum absolute atomic E-state index is 12.7. The number of methoxy groups -OCH3 is 1. The highest BCUT2D eigenvalue weighted by Crippen LogP contribution is 2.23. The molecule has 0 N–H and O–H groups in total. The van der Waals surface area contributed by atoms with Crippen molar-refractivity contribution < 1.29 is 23.9 Å². The van der Waals surface area contributed by atoms with E-state index in [-0.39, 0.29) is 22.8 Å². The van der Waals surface area contributed by atoms with E-state index in [0.29, 0.717) is 11.4 Å². The number of esters is 1. The fourth-order valence-corrected chi connectivity index (χ4v) is 4.25. The van der Waals surface area contributed by atoms with Crippen LogP contribution in [-0.2, 0) is 16.1 Å². The van der Waals surface area contributed by atoms with Gasteiger partial charge in [0.05, 0.1) is 17.6 Å². The van der Waals surface area contributed by atoms with E-state index in [4.69, 9.17) is 9.47 Å². The van der Waals surface area contributed by atoms with E-state index >= 15 is 0 Å². The number of rotatable bonds is 8. The molecule has 1 aromatic heterocycles. The van der Waals surface area contributed by atoms with Crippen LogP contribution >= 0.6 is 11.3 Å². The Morgan fingerprint density at radius 1 is 0.882 bits per heavy atom. The molecule has 172 valence electrons. The molecule has 34 heavy (non-hydrogen) atoms. The minimum Gasteiger partial charge on any atom is -0.497 e. The minimum absolute atomic E-state index is 0.140. The van der Waals surface area contributed by atoms with Crippen LogP contribution in [0.15, 0.2) is 78.2 Å². The first-order chi connectivity index (χ1) is 16.5. The van der Waals surface area contributed by atoms with Gasteiger partial charge in [0.1, 0.15) is 5.75 Å². The maximum Gasteiger partial charge on any atom is 0.339 e. The largest absolute Gasteiger partial charge is 0.497 e. The Morgan fingerprint density at radius 3 is 2.35 bits per heavy atom. The number of carbonyl (C=O) groups is 3. The van der Waals surface area contributed by atoms with Crippen LogP contribution in [0.4, 0.5) is 0 Å². The Hall–Kier alpha value is -3.97. The number of hydrogen-bond donors (Lipinski definition) is 0. The molecule has 0 fully saturated rings. The summed E-state index contributed by atoms with van der Waals surface area (Å²) >= 11 is 1.30. The molecule has 0 spiro atoms. The van der Waals surface area contributed by atoms with Crippen molar-refractivity contribution in [2.75, 3.05) is 20.8 Å². The molecule has 4 aromatic rings. The molecule has 1 heterocycles. The smallest absolute Gasteiger partial charge is 0.339 e. The van der Waals surface area contributed by atoms with Gasteiger partial charge in [0.2, 0.25) is 5.78 Å². The lowest BCUT2D eigenvalue weighted by Gasteiger charge is -2.18. The van der Waals surface area contributed by atoms with Crippen molar-refractivity contribution in [3.8, 4) is 5.75 Å². The van der Waals surface area contributed by atoms with Crippen LogP contribution < -0.4 is 4.74 Å². The number of thiophene rings is 1. The highest BCUT2D eigenvalue weighted by Gasteiger charge is 2.21. The first-order valence-corrected chi connectivity index (χ1v) is 11.5. The molecule has 0 bridgehead atoms. The molecule has 6 nitrogen and oxygen atoms in total. The monoisotopic (exact) mass is 473 g/mol. The zero-order chi connectivity index (χ0) is 24.1. The third kappa shape index (κ3) is 5.15. The predicted octanol–water partition coefficient (Wildman–Crippen LogP) is 4.96. The second-order valence-corrected chi connectivity index (χ2v) is 8.67. The Balaban J connectivity index is 1.39. The van der Waals surface area contributed by atoms with Crippen molar-refractivity contribution in [3.63, 3.8) is 0 Å². The molecule has 0 radical (unpaired) electrons. The number of nitrogens with zero attached hydrogens (tertiary/aromatic N) is 1. The molecule has 0 saturated carbocycles. The van der Waals surface area contributed by atoms with Crippen LogP contribution in [0.25, 0.3) is 10.8 Å². The lowest BCUT2D eigenvalue weighted by molar-refractivity contribution is -0.133. The number of benzene rings is 3. The quantitative estimate of drug-likeness (QED) is 0.267. The van der Waals surface area contributed by atoms with Gasteiger partial charge in [0.15, 0.2) is 6.61 Å². The van der Waals surface area contributed by atoms with Crippen LogP contribution in [0, 0.1) is 0 Å². The van der Waals surface area contributed by atoms with E-state index in [1.807, 2.05) is 36.4 Å². The molecule has 4 rings (SSSR count). The van der Waals surface area contributed by atoms with Crippen molar-refractivity contribution in [2.24, 2.45) is 0 Å². The highest BCUT2D eigenvalue weighted by molar-refractivity contribution is 7.12. The molecular formula is C27H23NO5S. The van der Waals surface area contributed by atoms with Gasteiger partial charge in [0, 0.05) is 19.2 Å². The number of fused-ring (bicyclic) bond motifs is 1.